The molecule has 0 atom stereocenters. The summed E-state index contributed by atoms with van der Waals surface area (Å²) in [7, 11) is 0. The third kappa shape index (κ3) is 2.83. The molecular formula is C9H14F2. The Bertz CT molecular complexity index is 178. The molecule has 0 aromatic rings. The van der Waals surface area contributed by atoms with Crippen LogP contribution in [0.1, 0.15) is 33.6 Å². The fraction of sp³-hybridized carbons (Fsp3) is 0.556. The van der Waals surface area contributed by atoms with Gasteiger partial charge in [-0.2, -0.15) is 0 Å². The Morgan fingerprint density at radius 1 is 1.18 bits per heavy atom. The molecule has 0 amide bonds. The van der Waals surface area contributed by atoms with Gasteiger partial charge in [0.1, 0.15) is 11.7 Å². The van der Waals surface area contributed by atoms with Gasteiger partial charge in [0.05, 0.1) is 0 Å². The van der Waals surface area contributed by atoms with Gasteiger partial charge in [0.2, 0.25) is 0 Å². The van der Waals surface area contributed by atoms with E-state index in [-0.39, 0.29) is 17.8 Å². The molecule has 0 N–H and O–H groups in total. The van der Waals surface area contributed by atoms with Crippen molar-refractivity contribution in [2.24, 2.45) is 0 Å². The van der Waals surface area contributed by atoms with Crippen LogP contribution in [0, 0.1) is 0 Å². The van der Waals surface area contributed by atoms with Crippen LogP contribution in [-0.4, -0.2) is 0 Å². The van der Waals surface area contributed by atoms with E-state index in [0.29, 0.717) is 6.42 Å². The molecule has 2 heteroatoms. The highest BCUT2D eigenvalue weighted by Crippen LogP contribution is 2.22. The first-order valence-corrected chi connectivity index (χ1v) is 3.87. The number of hydrogen-bond donors (Lipinski definition) is 0. The van der Waals surface area contributed by atoms with E-state index >= 15 is 0 Å². The summed E-state index contributed by atoms with van der Waals surface area (Å²) in [6.45, 7) is 4.98. The maximum Gasteiger partial charge on any atom is 0.124 e. The van der Waals surface area contributed by atoms with Gasteiger partial charge in [-0.3, -0.25) is 0 Å². The first kappa shape index (κ1) is 10.3. The molecule has 11 heavy (non-hydrogen) atoms. The lowest BCUT2D eigenvalue weighted by Crippen LogP contribution is -1.86. The van der Waals surface area contributed by atoms with Gasteiger partial charge >= 0.3 is 0 Å². The smallest absolute Gasteiger partial charge is 0.124 e. The first-order valence-electron chi connectivity index (χ1n) is 3.87. The van der Waals surface area contributed by atoms with E-state index in [2.05, 4.69) is 0 Å². The molecule has 0 aromatic heterocycles. The van der Waals surface area contributed by atoms with Gasteiger partial charge < -0.3 is 0 Å². The van der Waals surface area contributed by atoms with Crippen LogP contribution in [0.3, 0.4) is 0 Å². The van der Waals surface area contributed by atoms with Gasteiger partial charge in [0.25, 0.3) is 0 Å². The summed E-state index contributed by atoms with van der Waals surface area (Å²) in [5, 5.41) is 0. The predicted molar refractivity (Wildman–Crippen MR) is 43.6 cm³/mol. The fourth-order valence-corrected chi connectivity index (χ4v) is 0.878. The second-order valence-corrected chi connectivity index (χ2v) is 2.23. The molecule has 0 bridgehead atoms. The Hall–Kier alpha value is -0.660. The van der Waals surface area contributed by atoms with Crippen molar-refractivity contribution in [3.63, 3.8) is 0 Å². The Labute approximate surface area is 66.6 Å². The summed E-state index contributed by atoms with van der Waals surface area (Å²) in [6.07, 6.45) is 1.97. The zero-order chi connectivity index (χ0) is 8.85. The van der Waals surface area contributed by atoms with E-state index in [1.165, 1.54) is 6.08 Å². The molecule has 0 unspecified atom stereocenters. The van der Waals surface area contributed by atoms with Gasteiger partial charge in [-0.1, -0.05) is 19.9 Å². The molecule has 0 heterocycles. The Morgan fingerprint density at radius 2 is 1.73 bits per heavy atom. The van der Waals surface area contributed by atoms with E-state index in [1.807, 2.05) is 0 Å². The summed E-state index contributed by atoms with van der Waals surface area (Å²) in [6, 6.07) is 0. The predicted octanol–water partition coefficient (Wildman–Crippen LogP) is 3.90. The molecule has 0 fully saturated rings. The van der Waals surface area contributed by atoms with Gasteiger partial charge in [-0.15, -0.1) is 0 Å². The minimum absolute atomic E-state index is 0.204. The Morgan fingerprint density at radius 3 is 2.00 bits per heavy atom. The van der Waals surface area contributed by atoms with Crippen LogP contribution >= 0.6 is 0 Å². The van der Waals surface area contributed by atoms with Gasteiger partial charge in [0, 0.05) is 5.57 Å². The average Bonchev–Trinajstić information content (AvgIpc) is 2.05. The lowest BCUT2D eigenvalue weighted by Gasteiger charge is -2.01. The van der Waals surface area contributed by atoms with E-state index in [1.54, 1.807) is 20.8 Å². The third-order valence-electron chi connectivity index (χ3n) is 1.53. The van der Waals surface area contributed by atoms with Gasteiger partial charge in [-0.05, 0) is 19.8 Å². The number of hydrogen-bond acceptors (Lipinski definition) is 0. The highest BCUT2D eigenvalue weighted by atomic mass is 19.1. The molecule has 0 radical (unpaired) electrons. The maximum absolute atomic E-state index is 12.8. The monoisotopic (exact) mass is 160 g/mol. The number of rotatable bonds is 3. The summed E-state index contributed by atoms with van der Waals surface area (Å²) in [4.78, 5) is 0. The van der Waals surface area contributed by atoms with E-state index < -0.39 is 5.83 Å². The highest BCUT2D eigenvalue weighted by Gasteiger charge is 2.06. The molecule has 64 valence electrons. The van der Waals surface area contributed by atoms with Crippen LogP contribution in [-0.2, 0) is 0 Å². The molecule has 0 aliphatic heterocycles. The summed E-state index contributed by atoms with van der Waals surface area (Å²) >= 11 is 0. The van der Waals surface area contributed by atoms with Crippen molar-refractivity contribution in [2.75, 3.05) is 0 Å². The Kier molecular flexibility index (Phi) is 4.75. The third-order valence-corrected chi connectivity index (χ3v) is 1.53. The second-order valence-electron chi connectivity index (χ2n) is 2.23. The van der Waals surface area contributed by atoms with Crippen LogP contribution in [0.4, 0.5) is 8.78 Å². The summed E-state index contributed by atoms with van der Waals surface area (Å²) in [5.41, 5.74) is 0.204. The first-order chi connectivity index (χ1) is 5.17. The van der Waals surface area contributed by atoms with E-state index in [9.17, 15) is 8.78 Å². The largest absolute Gasteiger partial charge is 0.211 e. The van der Waals surface area contributed by atoms with Crippen molar-refractivity contribution in [2.45, 2.75) is 33.6 Å². The van der Waals surface area contributed by atoms with Crippen LogP contribution < -0.4 is 0 Å². The zero-order valence-electron chi connectivity index (χ0n) is 7.25. The normalized spacial score (nSPS) is 14.8. The summed E-state index contributed by atoms with van der Waals surface area (Å²) < 4.78 is 25.6. The number of halogens is 2. The van der Waals surface area contributed by atoms with Crippen molar-refractivity contribution < 1.29 is 8.78 Å². The SMILES string of the molecule is C/C=C(F)\C(CC)=C(\F)CC. The maximum atomic E-state index is 12.8. The molecule has 0 aliphatic rings. The molecule has 0 aliphatic carbocycles. The molecular weight excluding hydrogens is 146 g/mol. The van der Waals surface area contributed by atoms with E-state index in [4.69, 9.17) is 0 Å². The molecule has 0 nitrogen and oxygen atoms in total. The van der Waals surface area contributed by atoms with Crippen molar-refractivity contribution in [3.8, 4) is 0 Å². The zero-order valence-corrected chi connectivity index (χ0v) is 7.25. The molecule has 0 saturated heterocycles. The van der Waals surface area contributed by atoms with Crippen molar-refractivity contribution in [1.82, 2.24) is 0 Å². The minimum Gasteiger partial charge on any atom is -0.211 e. The molecule has 0 rings (SSSR count). The molecule has 0 spiro atoms. The van der Waals surface area contributed by atoms with Crippen molar-refractivity contribution in [3.05, 3.63) is 23.3 Å². The highest BCUT2D eigenvalue weighted by molar-refractivity contribution is 5.27. The molecule has 0 aromatic carbocycles. The average molecular weight is 160 g/mol. The van der Waals surface area contributed by atoms with Crippen molar-refractivity contribution in [1.29, 1.82) is 0 Å². The Balaban J connectivity index is 4.65. The second kappa shape index (κ2) is 5.05. The fourth-order valence-electron chi connectivity index (χ4n) is 0.878. The van der Waals surface area contributed by atoms with Gasteiger partial charge in [0.15, 0.2) is 0 Å². The lowest BCUT2D eigenvalue weighted by atomic mass is 10.1. The molecule has 0 saturated carbocycles. The van der Waals surface area contributed by atoms with Crippen LogP contribution in [0.15, 0.2) is 23.3 Å². The van der Waals surface area contributed by atoms with Crippen LogP contribution in [0.2, 0.25) is 0 Å². The topological polar surface area (TPSA) is 0 Å². The van der Waals surface area contributed by atoms with E-state index in [0.717, 1.165) is 0 Å². The van der Waals surface area contributed by atoms with Crippen LogP contribution in [0.5, 0.6) is 0 Å². The van der Waals surface area contributed by atoms with Crippen LogP contribution in [0.25, 0.3) is 0 Å². The standard InChI is InChI=1S/C9H14F2/c1-4-7(8(10)5-2)9(11)6-3/h5H,4,6H2,1-3H3/b8-5+,9-7+. The quantitative estimate of drug-likeness (QED) is 0.549. The summed E-state index contributed by atoms with van der Waals surface area (Å²) in [5.74, 6) is -0.782. The van der Waals surface area contributed by atoms with Crippen molar-refractivity contribution >= 4 is 0 Å². The minimum atomic E-state index is -0.438. The van der Waals surface area contributed by atoms with Gasteiger partial charge in [-0.25, -0.2) is 8.78 Å². The lowest BCUT2D eigenvalue weighted by molar-refractivity contribution is 0.561. The number of allylic oxidation sites excluding steroid dienone is 4.